The van der Waals surface area contributed by atoms with Crippen LogP contribution in [0.25, 0.3) is 0 Å². The van der Waals surface area contributed by atoms with Gasteiger partial charge < -0.3 is 5.32 Å². The van der Waals surface area contributed by atoms with E-state index in [1.807, 2.05) is 0 Å². The summed E-state index contributed by atoms with van der Waals surface area (Å²) in [6.45, 7) is 6.86. The Morgan fingerprint density at radius 3 is 2.56 bits per heavy atom. The van der Waals surface area contributed by atoms with Gasteiger partial charge in [-0.1, -0.05) is 26.8 Å². The second-order valence-corrected chi connectivity index (χ2v) is 4.68. The summed E-state index contributed by atoms with van der Waals surface area (Å²) in [5.74, 6) is -0.283. The average Bonchev–Trinajstić information content (AvgIpc) is 2.28. The highest BCUT2D eigenvalue weighted by Gasteiger charge is 2.15. The summed E-state index contributed by atoms with van der Waals surface area (Å²) in [5, 5.41) is 13.8. The van der Waals surface area contributed by atoms with Gasteiger partial charge in [-0.15, -0.1) is 0 Å². The maximum atomic E-state index is 13.4. The van der Waals surface area contributed by atoms with E-state index in [4.69, 9.17) is 0 Å². The lowest BCUT2D eigenvalue weighted by Gasteiger charge is -2.20. The molecule has 4 nitrogen and oxygen atoms in total. The van der Waals surface area contributed by atoms with Crippen molar-refractivity contribution >= 4 is 5.69 Å². The lowest BCUT2D eigenvalue weighted by atomic mass is 10.0. The predicted octanol–water partition coefficient (Wildman–Crippen LogP) is 3.26. The molecule has 0 aliphatic heterocycles. The number of nitrogens with one attached hydrogen (secondary N) is 1. The van der Waals surface area contributed by atoms with Gasteiger partial charge in [-0.05, 0) is 24.0 Å². The topological polar surface area (TPSA) is 55.2 Å². The molecular formula is C13H19FN2O2. The molecule has 0 saturated heterocycles. The molecule has 1 rings (SSSR count). The Bertz CT molecular complexity index is 421. The summed E-state index contributed by atoms with van der Waals surface area (Å²) in [5.41, 5.74) is 0.242. The standard InChI is InChI=1S/C13H19FN2O2/c1-4-12(9(2)3)15-8-10-5-6-13(16(17)18)11(14)7-10/h5-7,9,12,15H,4,8H2,1-3H3. The molecule has 5 heteroatoms. The molecule has 0 radical (unpaired) electrons. The van der Waals surface area contributed by atoms with Crippen LogP contribution in [0.5, 0.6) is 0 Å². The maximum Gasteiger partial charge on any atom is 0.304 e. The predicted molar refractivity (Wildman–Crippen MR) is 68.8 cm³/mol. The van der Waals surface area contributed by atoms with Crippen molar-refractivity contribution < 1.29 is 9.31 Å². The molecule has 0 aromatic heterocycles. The van der Waals surface area contributed by atoms with Crippen LogP contribution < -0.4 is 5.32 Å². The van der Waals surface area contributed by atoms with Crippen molar-refractivity contribution in [1.82, 2.24) is 5.32 Å². The molecule has 0 aliphatic carbocycles. The summed E-state index contributed by atoms with van der Waals surface area (Å²) in [6, 6.07) is 4.38. The van der Waals surface area contributed by atoms with Crippen molar-refractivity contribution in [2.45, 2.75) is 39.8 Å². The minimum Gasteiger partial charge on any atom is -0.310 e. The third-order valence-electron chi connectivity index (χ3n) is 3.02. The number of hydrogen-bond acceptors (Lipinski definition) is 3. The van der Waals surface area contributed by atoms with Gasteiger partial charge in [0.2, 0.25) is 5.82 Å². The van der Waals surface area contributed by atoms with Crippen molar-refractivity contribution in [3.8, 4) is 0 Å². The molecule has 0 heterocycles. The van der Waals surface area contributed by atoms with Gasteiger partial charge in [-0.3, -0.25) is 10.1 Å². The van der Waals surface area contributed by atoms with E-state index < -0.39 is 16.4 Å². The summed E-state index contributed by atoms with van der Waals surface area (Å²) in [4.78, 5) is 9.77. The van der Waals surface area contributed by atoms with Crippen LogP contribution in [0.4, 0.5) is 10.1 Å². The van der Waals surface area contributed by atoms with E-state index in [-0.39, 0.29) is 0 Å². The lowest BCUT2D eigenvalue weighted by molar-refractivity contribution is -0.387. The first-order valence-electron chi connectivity index (χ1n) is 6.11. The fraction of sp³-hybridized carbons (Fsp3) is 0.538. The highest BCUT2D eigenvalue weighted by Crippen LogP contribution is 2.18. The van der Waals surface area contributed by atoms with E-state index >= 15 is 0 Å². The zero-order valence-corrected chi connectivity index (χ0v) is 10.9. The molecule has 0 bridgehead atoms. The molecule has 0 spiro atoms. The highest BCUT2D eigenvalue weighted by molar-refractivity contribution is 5.34. The van der Waals surface area contributed by atoms with Gasteiger partial charge in [0.05, 0.1) is 4.92 Å². The minimum atomic E-state index is -0.781. The number of nitro groups is 1. The van der Waals surface area contributed by atoms with Crippen LogP contribution in [0.3, 0.4) is 0 Å². The molecular weight excluding hydrogens is 235 g/mol. The van der Waals surface area contributed by atoms with Crippen molar-refractivity contribution in [2.75, 3.05) is 0 Å². The molecule has 0 saturated carbocycles. The Hall–Kier alpha value is -1.49. The van der Waals surface area contributed by atoms with Crippen LogP contribution in [0.1, 0.15) is 32.8 Å². The molecule has 1 unspecified atom stereocenters. The summed E-state index contributed by atoms with van der Waals surface area (Å²) in [7, 11) is 0. The van der Waals surface area contributed by atoms with E-state index in [0.29, 0.717) is 18.5 Å². The summed E-state index contributed by atoms with van der Waals surface area (Å²) in [6.07, 6.45) is 0.993. The third kappa shape index (κ3) is 3.77. The Kier molecular flexibility index (Phi) is 5.22. The largest absolute Gasteiger partial charge is 0.310 e. The molecule has 18 heavy (non-hydrogen) atoms. The second kappa shape index (κ2) is 6.44. The fourth-order valence-corrected chi connectivity index (χ4v) is 1.91. The summed E-state index contributed by atoms with van der Waals surface area (Å²) >= 11 is 0. The Morgan fingerprint density at radius 2 is 2.11 bits per heavy atom. The number of nitro benzene ring substituents is 1. The first-order valence-corrected chi connectivity index (χ1v) is 6.11. The third-order valence-corrected chi connectivity index (χ3v) is 3.02. The van der Waals surface area contributed by atoms with E-state index in [2.05, 4.69) is 26.1 Å². The van der Waals surface area contributed by atoms with Crippen LogP contribution in [-0.4, -0.2) is 11.0 Å². The molecule has 1 aromatic rings. The van der Waals surface area contributed by atoms with Gasteiger partial charge in [0.15, 0.2) is 0 Å². The minimum absolute atomic E-state index is 0.364. The number of halogens is 1. The fourth-order valence-electron chi connectivity index (χ4n) is 1.91. The van der Waals surface area contributed by atoms with Crippen molar-refractivity contribution in [3.05, 3.63) is 39.7 Å². The molecule has 0 aliphatic rings. The molecule has 1 aromatic carbocycles. The van der Waals surface area contributed by atoms with E-state index in [1.165, 1.54) is 12.1 Å². The molecule has 100 valence electrons. The van der Waals surface area contributed by atoms with Crippen molar-refractivity contribution in [1.29, 1.82) is 0 Å². The van der Waals surface area contributed by atoms with Gasteiger partial charge >= 0.3 is 5.69 Å². The van der Waals surface area contributed by atoms with Gasteiger partial charge in [-0.2, -0.15) is 4.39 Å². The van der Waals surface area contributed by atoms with Crippen LogP contribution in [0.15, 0.2) is 18.2 Å². The van der Waals surface area contributed by atoms with Crippen molar-refractivity contribution in [3.63, 3.8) is 0 Å². The lowest BCUT2D eigenvalue weighted by Crippen LogP contribution is -2.32. The maximum absolute atomic E-state index is 13.4. The van der Waals surface area contributed by atoms with Gasteiger partial charge in [0.1, 0.15) is 0 Å². The van der Waals surface area contributed by atoms with Gasteiger partial charge in [0.25, 0.3) is 0 Å². The second-order valence-electron chi connectivity index (χ2n) is 4.68. The normalized spacial score (nSPS) is 12.7. The Labute approximate surface area is 106 Å². The quantitative estimate of drug-likeness (QED) is 0.626. The van der Waals surface area contributed by atoms with E-state index in [0.717, 1.165) is 12.0 Å². The molecule has 1 atom stereocenters. The first-order chi connectivity index (χ1) is 8.45. The monoisotopic (exact) mass is 254 g/mol. The SMILES string of the molecule is CCC(NCc1ccc([N+](=O)[O-])c(F)c1)C(C)C. The summed E-state index contributed by atoms with van der Waals surface area (Å²) < 4.78 is 13.4. The Balaban J connectivity index is 2.69. The van der Waals surface area contributed by atoms with Crippen LogP contribution >= 0.6 is 0 Å². The molecule has 0 amide bonds. The number of rotatable bonds is 6. The van der Waals surface area contributed by atoms with Gasteiger partial charge in [0, 0.05) is 18.7 Å². The number of nitrogens with zero attached hydrogens (tertiary/aromatic N) is 1. The smallest absolute Gasteiger partial charge is 0.304 e. The van der Waals surface area contributed by atoms with E-state index in [1.54, 1.807) is 6.07 Å². The van der Waals surface area contributed by atoms with Crippen molar-refractivity contribution in [2.24, 2.45) is 5.92 Å². The molecule has 0 fully saturated rings. The zero-order chi connectivity index (χ0) is 13.7. The van der Waals surface area contributed by atoms with E-state index in [9.17, 15) is 14.5 Å². The molecule has 1 N–H and O–H groups in total. The number of benzene rings is 1. The highest BCUT2D eigenvalue weighted by atomic mass is 19.1. The van der Waals surface area contributed by atoms with Crippen LogP contribution in [-0.2, 0) is 6.54 Å². The zero-order valence-electron chi connectivity index (χ0n) is 10.9. The average molecular weight is 254 g/mol. The van der Waals surface area contributed by atoms with Crippen LogP contribution in [0, 0.1) is 21.8 Å². The Morgan fingerprint density at radius 1 is 1.44 bits per heavy atom. The first kappa shape index (κ1) is 14.6. The van der Waals surface area contributed by atoms with Crippen LogP contribution in [0.2, 0.25) is 0 Å². The van der Waals surface area contributed by atoms with Gasteiger partial charge in [-0.25, -0.2) is 0 Å². The number of hydrogen-bond donors (Lipinski definition) is 1.